The standard InChI is InChI=1S/C17H14ClN2O4P/c18-10-6-7-12-11(8-10)15(25-23)13(20-12)17(22)24-14(16(19)21)9-4-2-1-3-5-9/h1-8,13-15,20H,(H2,19,21)/t13?,14-,15?/m0/s1. The first-order valence-corrected chi connectivity index (χ1v) is 8.70. The molecule has 3 atom stereocenters. The van der Waals surface area contributed by atoms with Crippen LogP contribution in [0.5, 0.6) is 0 Å². The molecule has 6 nitrogen and oxygen atoms in total. The summed E-state index contributed by atoms with van der Waals surface area (Å²) in [4.78, 5) is 24.3. The van der Waals surface area contributed by atoms with Gasteiger partial charge < -0.3 is 15.8 Å². The molecule has 1 aliphatic rings. The van der Waals surface area contributed by atoms with Crippen LogP contribution < -0.4 is 11.1 Å². The van der Waals surface area contributed by atoms with Crippen molar-refractivity contribution in [1.29, 1.82) is 0 Å². The van der Waals surface area contributed by atoms with Crippen LogP contribution in [0.2, 0.25) is 5.02 Å². The van der Waals surface area contributed by atoms with E-state index in [1.807, 2.05) is 0 Å². The van der Waals surface area contributed by atoms with Crippen LogP contribution in [-0.2, 0) is 18.9 Å². The predicted molar refractivity (Wildman–Crippen MR) is 93.7 cm³/mol. The Kier molecular flexibility index (Phi) is 5.02. The molecule has 2 aromatic rings. The van der Waals surface area contributed by atoms with Crippen LogP contribution in [0, 0.1) is 0 Å². The van der Waals surface area contributed by atoms with Crippen molar-refractivity contribution >= 4 is 37.6 Å². The number of primary amides is 1. The van der Waals surface area contributed by atoms with Gasteiger partial charge in [0.05, 0.1) is 5.66 Å². The fourth-order valence-electron chi connectivity index (χ4n) is 2.75. The van der Waals surface area contributed by atoms with Gasteiger partial charge in [-0.3, -0.25) is 9.36 Å². The van der Waals surface area contributed by atoms with Crippen LogP contribution >= 0.6 is 20.1 Å². The molecule has 0 saturated heterocycles. The van der Waals surface area contributed by atoms with Gasteiger partial charge in [-0.2, -0.15) is 0 Å². The Labute approximate surface area is 150 Å². The summed E-state index contributed by atoms with van der Waals surface area (Å²) in [6.45, 7) is 0. The van der Waals surface area contributed by atoms with Gasteiger partial charge in [0.25, 0.3) is 5.91 Å². The van der Waals surface area contributed by atoms with E-state index in [0.717, 1.165) is 0 Å². The topological polar surface area (TPSA) is 98.5 Å². The van der Waals surface area contributed by atoms with Crippen molar-refractivity contribution in [3.05, 3.63) is 64.7 Å². The number of esters is 1. The minimum Gasteiger partial charge on any atom is -0.446 e. The molecule has 0 spiro atoms. The number of carbonyl (C=O) groups excluding carboxylic acids is 2. The van der Waals surface area contributed by atoms with Crippen molar-refractivity contribution < 1.29 is 18.9 Å². The van der Waals surface area contributed by atoms with Crippen LogP contribution in [0.1, 0.15) is 22.9 Å². The van der Waals surface area contributed by atoms with Gasteiger partial charge in [-0.15, -0.1) is 0 Å². The molecule has 0 aromatic heterocycles. The highest BCUT2D eigenvalue weighted by atomic mass is 35.5. The molecule has 0 fully saturated rings. The summed E-state index contributed by atoms with van der Waals surface area (Å²) < 4.78 is 16.9. The summed E-state index contributed by atoms with van der Waals surface area (Å²) in [6.07, 6.45) is -1.22. The molecule has 128 valence electrons. The van der Waals surface area contributed by atoms with Gasteiger partial charge in [0.1, 0.15) is 6.04 Å². The molecule has 0 bridgehead atoms. The lowest BCUT2D eigenvalue weighted by Crippen LogP contribution is -2.35. The van der Waals surface area contributed by atoms with Gasteiger partial charge in [-0.1, -0.05) is 41.9 Å². The molecular formula is C17H14ClN2O4P. The fourth-order valence-corrected chi connectivity index (χ4v) is 3.57. The smallest absolute Gasteiger partial charge is 0.331 e. The molecule has 3 N–H and O–H groups in total. The van der Waals surface area contributed by atoms with Crippen molar-refractivity contribution in [2.45, 2.75) is 17.8 Å². The second-order valence-electron chi connectivity index (χ2n) is 5.53. The zero-order valence-corrected chi connectivity index (χ0v) is 14.5. The number of halogens is 1. The number of amides is 1. The van der Waals surface area contributed by atoms with E-state index in [1.54, 1.807) is 48.5 Å². The van der Waals surface area contributed by atoms with Gasteiger partial charge in [0.2, 0.25) is 6.10 Å². The quantitative estimate of drug-likeness (QED) is 0.616. The van der Waals surface area contributed by atoms with Gasteiger partial charge in [0.15, 0.2) is 8.46 Å². The molecule has 2 unspecified atom stereocenters. The monoisotopic (exact) mass is 376 g/mol. The Morgan fingerprint density at radius 3 is 2.56 bits per heavy atom. The molecular weight excluding hydrogens is 363 g/mol. The number of nitrogens with two attached hydrogens (primary N) is 1. The third-order valence-corrected chi connectivity index (χ3v) is 4.96. The molecule has 25 heavy (non-hydrogen) atoms. The Balaban J connectivity index is 1.83. The molecule has 2 aromatic carbocycles. The highest BCUT2D eigenvalue weighted by Gasteiger charge is 2.40. The summed E-state index contributed by atoms with van der Waals surface area (Å²) in [7, 11) is -0.260. The van der Waals surface area contributed by atoms with Crippen LogP contribution in [0.4, 0.5) is 5.69 Å². The van der Waals surface area contributed by atoms with E-state index >= 15 is 0 Å². The molecule has 3 rings (SSSR count). The van der Waals surface area contributed by atoms with Crippen LogP contribution in [0.3, 0.4) is 0 Å². The lowest BCUT2D eigenvalue weighted by atomic mass is 10.1. The normalized spacial score (nSPS) is 19.7. The molecule has 0 aliphatic carbocycles. The van der Waals surface area contributed by atoms with E-state index in [0.29, 0.717) is 21.8 Å². The highest BCUT2D eigenvalue weighted by Crippen LogP contribution is 2.44. The van der Waals surface area contributed by atoms with Crippen LogP contribution in [0.15, 0.2) is 48.5 Å². The molecule has 8 heteroatoms. The van der Waals surface area contributed by atoms with Crippen LogP contribution in [0.25, 0.3) is 0 Å². The maximum absolute atomic E-state index is 12.6. The zero-order chi connectivity index (χ0) is 18.0. The first-order chi connectivity index (χ1) is 12.0. The molecule has 1 aliphatic heterocycles. The number of nitrogens with one attached hydrogen (secondary N) is 1. The van der Waals surface area contributed by atoms with Gasteiger partial charge in [0, 0.05) is 16.3 Å². The maximum Gasteiger partial charge on any atom is 0.331 e. The first kappa shape index (κ1) is 17.4. The number of benzene rings is 2. The number of ether oxygens (including phenoxy) is 1. The van der Waals surface area contributed by atoms with E-state index in [2.05, 4.69) is 5.32 Å². The Morgan fingerprint density at radius 2 is 1.92 bits per heavy atom. The SMILES string of the molecule is NC(=O)[C@@H](OC(=O)C1Nc2ccc(Cl)cc2C1P=O)c1ccccc1. The van der Waals surface area contributed by atoms with E-state index in [1.165, 1.54) is 0 Å². The minimum absolute atomic E-state index is 0.260. The summed E-state index contributed by atoms with van der Waals surface area (Å²) in [5.41, 5.74) is 6.48. The number of carbonyl (C=O) groups is 2. The molecule has 1 heterocycles. The first-order valence-electron chi connectivity index (χ1n) is 7.44. The van der Waals surface area contributed by atoms with Crippen molar-refractivity contribution in [2.75, 3.05) is 5.32 Å². The lowest BCUT2D eigenvalue weighted by Gasteiger charge is -2.19. The Bertz CT molecular complexity index is 831. The number of rotatable bonds is 5. The van der Waals surface area contributed by atoms with Crippen LogP contribution in [-0.4, -0.2) is 17.9 Å². The largest absolute Gasteiger partial charge is 0.446 e. The van der Waals surface area contributed by atoms with E-state index in [4.69, 9.17) is 22.1 Å². The van der Waals surface area contributed by atoms with Crippen molar-refractivity contribution in [2.24, 2.45) is 5.73 Å². The third kappa shape index (κ3) is 3.50. The number of hydrogen-bond acceptors (Lipinski definition) is 5. The number of hydrogen-bond donors (Lipinski definition) is 2. The number of fused-ring (bicyclic) bond motifs is 1. The van der Waals surface area contributed by atoms with Crippen molar-refractivity contribution in [1.82, 2.24) is 0 Å². The van der Waals surface area contributed by atoms with Gasteiger partial charge in [-0.05, 0) is 23.8 Å². The van der Waals surface area contributed by atoms with E-state index < -0.39 is 29.7 Å². The summed E-state index contributed by atoms with van der Waals surface area (Å²) in [5, 5.41) is 3.44. The van der Waals surface area contributed by atoms with Gasteiger partial charge >= 0.3 is 5.97 Å². The summed E-state index contributed by atoms with van der Waals surface area (Å²) >= 11 is 5.97. The Hall–Kier alpha value is -2.43. The van der Waals surface area contributed by atoms with E-state index in [9.17, 15) is 14.2 Å². The average Bonchev–Trinajstić information content (AvgIpc) is 2.97. The summed E-state index contributed by atoms with van der Waals surface area (Å²) in [5.74, 6) is -1.50. The zero-order valence-electron chi connectivity index (χ0n) is 12.9. The highest BCUT2D eigenvalue weighted by molar-refractivity contribution is 7.24. The lowest BCUT2D eigenvalue weighted by molar-refractivity contribution is -0.156. The van der Waals surface area contributed by atoms with Crippen molar-refractivity contribution in [3.8, 4) is 0 Å². The maximum atomic E-state index is 12.6. The molecule has 0 saturated carbocycles. The minimum atomic E-state index is -1.22. The molecule has 1 amide bonds. The second-order valence-corrected chi connectivity index (χ2v) is 6.74. The second kappa shape index (κ2) is 7.21. The fraction of sp³-hybridized carbons (Fsp3) is 0.176. The molecule has 0 radical (unpaired) electrons. The van der Waals surface area contributed by atoms with Crippen molar-refractivity contribution in [3.63, 3.8) is 0 Å². The van der Waals surface area contributed by atoms with Gasteiger partial charge in [-0.25, -0.2) is 4.79 Å². The predicted octanol–water partition coefficient (Wildman–Crippen LogP) is 3.24. The van der Waals surface area contributed by atoms with E-state index in [-0.39, 0.29) is 8.46 Å². The average molecular weight is 377 g/mol. The number of anilines is 1. The Morgan fingerprint density at radius 1 is 1.20 bits per heavy atom. The third-order valence-electron chi connectivity index (χ3n) is 3.92. The summed E-state index contributed by atoms with van der Waals surface area (Å²) in [6, 6.07) is 12.6.